The number of hydrogen-bond acceptors (Lipinski definition) is 9. The lowest BCUT2D eigenvalue weighted by atomic mass is 10.1. The van der Waals surface area contributed by atoms with Crippen molar-refractivity contribution < 1.29 is 33.3 Å². The fourth-order valence-electron chi connectivity index (χ4n) is 3.47. The molecule has 0 saturated carbocycles. The SMILES string of the molecule is COC(=O)c1ccnc(Oc2ccc(-c3nn(-c4ccccc4)c(C(=O)OC)c3C(=O)OC)cc2)c1. The van der Waals surface area contributed by atoms with Gasteiger partial charge in [0.2, 0.25) is 5.88 Å². The van der Waals surface area contributed by atoms with Crippen LogP contribution in [0.3, 0.4) is 0 Å². The van der Waals surface area contributed by atoms with E-state index < -0.39 is 17.9 Å². The van der Waals surface area contributed by atoms with Gasteiger partial charge in [-0.25, -0.2) is 24.0 Å². The van der Waals surface area contributed by atoms with Crippen molar-refractivity contribution in [1.29, 1.82) is 0 Å². The van der Waals surface area contributed by atoms with Crippen LogP contribution in [0.1, 0.15) is 31.2 Å². The molecule has 0 N–H and O–H groups in total. The number of nitrogens with zero attached hydrogens (tertiary/aromatic N) is 3. The topological polar surface area (TPSA) is 119 Å². The minimum absolute atomic E-state index is 0.0330. The van der Waals surface area contributed by atoms with E-state index >= 15 is 0 Å². The summed E-state index contributed by atoms with van der Waals surface area (Å²) >= 11 is 0. The summed E-state index contributed by atoms with van der Waals surface area (Å²) in [4.78, 5) is 41.3. The molecular weight excluding hydrogens is 466 g/mol. The van der Waals surface area contributed by atoms with Crippen LogP contribution < -0.4 is 4.74 Å². The molecule has 0 bridgehead atoms. The van der Waals surface area contributed by atoms with Crippen LogP contribution in [0, 0.1) is 0 Å². The molecule has 0 radical (unpaired) electrons. The van der Waals surface area contributed by atoms with Gasteiger partial charge in [-0.2, -0.15) is 5.10 Å². The highest BCUT2D eigenvalue weighted by Gasteiger charge is 2.31. The Labute approximate surface area is 206 Å². The Morgan fingerprint density at radius 3 is 2.08 bits per heavy atom. The number of pyridine rings is 1. The van der Waals surface area contributed by atoms with Gasteiger partial charge < -0.3 is 18.9 Å². The zero-order valence-corrected chi connectivity index (χ0v) is 19.6. The third-order valence-corrected chi connectivity index (χ3v) is 5.16. The molecular formula is C26H21N3O7. The normalized spacial score (nSPS) is 10.4. The van der Waals surface area contributed by atoms with Crippen molar-refractivity contribution in [3.8, 4) is 28.6 Å². The van der Waals surface area contributed by atoms with Crippen LogP contribution in [0.15, 0.2) is 72.9 Å². The molecule has 0 aliphatic heterocycles. The second-order valence-corrected chi connectivity index (χ2v) is 7.30. The summed E-state index contributed by atoms with van der Waals surface area (Å²) in [6, 6.07) is 18.5. The van der Waals surface area contributed by atoms with Gasteiger partial charge in [-0.1, -0.05) is 18.2 Å². The van der Waals surface area contributed by atoms with Crippen LogP contribution >= 0.6 is 0 Å². The molecule has 4 aromatic rings. The molecule has 10 heteroatoms. The van der Waals surface area contributed by atoms with Crippen LogP contribution in [-0.2, 0) is 14.2 Å². The van der Waals surface area contributed by atoms with E-state index in [0.29, 0.717) is 22.6 Å². The Morgan fingerprint density at radius 2 is 1.44 bits per heavy atom. The second-order valence-electron chi connectivity index (χ2n) is 7.30. The predicted octanol–water partition coefficient (Wildman–Crippen LogP) is 4.09. The van der Waals surface area contributed by atoms with Crippen molar-refractivity contribution in [2.75, 3.05) is 21.3 Å². The Balaban J connectivity index is 1.75. The Morgan fingerprint density at radius 1 is 0.778 bits per heavy atom. The van der Waals surface area contributed by atoms with Crippen molar-refractivity contribution in [3.05, 3.63) is 89.7 Å². The van der Waals surface area contributed by atoms with Gasteiger partial charge in [-0.3, -0.25) is 0 Å². The smallest absolute Gasteiger partial charge is 0.357 e. The summed E-state index contributed by atoms with van der Waals surface area (Å²) in [6.45, 7) is 0. The number of aromatic nitrogens is 3. The quantitative estimate of drug-likeness (QED) is 0.280. The van der Waals surface area contributed by atoms with Crippen LogP contribution in [0.2, 0.25) is 0 Å². The van der Waals surface area contributed by atoms with Crippen LogP contribution in [0.25, 0.3) is 16.9 Å². The van der Waals surface area contributed by atoms with Gasteiger partial charge in [0, 0.05) is 17.8 Å². The number of esters is 3. The van der Waals surface area contributed by atoms with Crippen LogP contribution in [-0.4, -0.2) is 54.0 Å². The zero-order valence-electron chi connectivity index (χ0n) is 19.6. The molecule has 0 saturated heterocycles. The van der Waals surface area contributed by atoms with Crippen molar-refractivity contribution >= 4 is 17.9 Å². The van der Waals surface area contributed by atoms with E-state index in [4.69, 9.17) is 18.9 Å². The first-order valence-electron chi connectivity index (χ1n) is 10.6. The molecule has 4 rings (SSSR count). The van der Waals surface area contributed by atoms with E-state index in [1.807, 2.05) is 6.07 Å². The summed E-state index contributed by atoms with van der Waals surface area (Å²) in [7, 11) is 3.73. The third-order valence-electron chi connectivity index (χ3n) is 5.16. The first-order valence-corrected chi connectivity index (χ1v) is 10.6. The first-order chi connectivity index (χ1) is 17.5. The molecule has 182 valence electrons. The number of benzene rings is 2. The molecule has 2 aromatic heterocycles. The lowest BCUT2D eigenvalue weighted by molar-refractivity contribution is 0.0549. The fraction of sp³-hybridized carbons (Fsp3) is 0.115. The molecule has 0 spiro atoms. The maximum atomic E-state index is 12.8. The van der Waals surface area contributed by atoms with E-state index in [1.54, 1.807) is 48.5 Å². The van der Waals surface area contributed by atoms with Crippen molar-refractivity contribution in [2.45, 2.75) is 0 Å². The highest BCUT2D eigenvalue weighted by atomic mass is 16.5. The number of rotatable bonds is 7. The predicted molar refractivity (Wildman–Crippen MR) is 127 cm³/mol. The molecule has 2 heterocycles. The Bertz CT molecular complexity index is 1410. The van der Waals surface area contributed by atoms with Gasteiger partial charge >= 0.3 is 17.9 Å². The number of ether oxygens (including phenoxy) is 4. The first kappa shape index (κ1) is 24.1. The molecule has 0 amide bonds. The van der Waals surface area contributed by atoms with Gasteiger partial charge in [-0.15, -0.1) is 0 Å². The van der Waals surface area contributed by atoms with E-state index in [0.717, 1.165) is 0 Å². The van der Waals surface area contributed by atoms with Gasteiger partial charge in [0.05, 0.1) is 32.6 Å². The fourth-order valence-corrected chi connectivity index (χ4v) is 3.47. The summed E-state index contributed by atoms with van der Waals surface area (Å²) in [5.41, 5.74) is 1.51. The molecule has 10 nitrogen and oxygen atoms in total. The van der Waals surface area contributed by atoms with E-state index in [1.165, 1.54) is 44.3 Å². The molecule has 2 aromatic carbocycles. The monoisotopic (exact) mass is 487 g/mol. The summed E-state index contributed by atoms with van der Waals surface area (Å²) < 4.78 is 21.7. The van der Waals surface area contributed by atoms with Gasteiger partial charge in [0.15, 0.2) is 5.69 Å². The molecule has 0 aliphatic rings. The average molecular weight is 487 g/mol. The molecule has 36 heavy (non-hydrogen) atoms. The zero-order chi connectivity index (χ0) is 25.7. The van der Waals surface area contributed by atoms with E-state index in [2.05, 4.69) is 10.1 Å². The maximum absolute atomic E-state index is 12.8. The summed E-state index contributed by atoms with van der Waals surface area (Å²) in [5, 5.41) is 4.55. The van der Waals surface area contributed by atoms with Gasteiger partial charge in [0.1, 0.15) is 17.0 Å². The molecule has 0 aliphatic carbocycles. The number of methoxy groups -OCH3 is 3. The standard InChI is InChI=1S/C26H21N3O7/c1-33-24(30)17-13-14-27-20(15-17)36-19-11-9-16(10-12-19)22-21(25(31)34-2)23(26(32)35-3)29(28-22)18-7-5-4-6-8-18/h4-15H,1-3H3. The number of hydrogen-bond donors (Lipinski definition) is 0. The minimum Gasteiger partial charge on any atom is -0.465 e. The van der Waals surface area contributed by atoms with Crippen LogP contribution in [0.5, 0.6) is 11.6 Å². The lowest BCUT2D eigenvalue weighted by Gasteiger charge is -2.07. The number of carbonyl (C=O) groups is 3. The molecule has 0 fully saturated rings. The highest BCUT2D eigenvalue weighted by Crippen LogP contribution is 2.31. The highest BCUT2D eigenvalue weighted by molar-refractivity contribution is 6.06. The number of para-hydroxylation sites is 1. The molecule has 0 atom stereocenters. The lowest BCUT2D eigenvalue weighted by Crippen LogP contribution is -2.15. The minimum atomic E-state index is -0.741. The Kier molecular flexibility index (Phi) is 7.05. The third kappa shape index (κ3) is 4.78. The average Bonchev–Trinajstić information content (AvgIpc) is 3.33. The summed E-state index contributed by atoms with van der Waals surface area (Å²) in [5.74, 6) is -1.37. The van der Waals surface area contributed by atoms with Crippen LogP contribution in [0.4, 0.5) is 0 Å². The van der Waals surface area contributed by atoms with Crippen molar-refractivity contribution in [1.82, 2.24) is 14.8 Å². The van der Waals surface area contributed by atoms with E-state index in [-0.39, 0.29) is 22.8 Å². The number of carbonyl (C=O) groups excluding carboxylic acids is 3. The molecule has 0 unspecified atom stereocenters. The maximum Gasteiger partial charge on any atom is 0.357 e. The largest absolute Gasteiger partial charge is 0.465 e. The van der Waals surface area contributed by atoms with Gasteiger partial charge in [0.25, 0.3) is 0 Å². The van der Waals surface area contributed by atoms with Crippen molar-refractivity contribution in [3.63, 3.8) is 0 Å². The second kappa shape index (κ2) is 10.5. The van der Waals surface area contributed by atoms with Crippen molar-refractivity contribution in [2.24, 2.45) is 0 Å². The summed E-state index contributed by atoms with van der Waals surface area (Å²) in [6.07, 6.45) is 1.43. The Hall–Kier alpha value is -4.99. The van der Waals surface area contributed by atoms with Gasteiger partial charge in [-0.05, 0) is 42.5 Å². The van der Waals surface area contributed by atoms with E-state index in [9.17, 15) is 14.4 Å².